The van der Waals surface area contributed by atoms with Gasteiger partial charge in [0.05, 0.1) is 6.10 Å². The Balaban J connectivity index is 3.18. The van der Waals surface area contributed by atoms with Gasteiger partial charge in [-0.15, -0.1) is 0 Å². The number of carbonyl (C=O) groups is 1. The monoisotopic (exact) mass is 252 g/mol. The van der Waals surface area contributed by atoms with Gasteiger partial charge in [-0.25, -0.2) is 0 Å². The first-order chi connectivity index (χ1) is 8.81. The van der Waals surface area contributed by atoms with Gasteiger partial charge in [0.2, 0.25) is 0 Å². The van der Waals surface area contributed by atoms with Crippen molar-refractivity contribution >= 4 is 6.29 Å². The van der Waals surface area contributed by atoms with Crippen molar-refractivity contribution in [3.8, 4) is 0 Å². The fourth-order valence-corrected chi connectivity index (χ4v) is 1.88. The maximum atomic E-state index is 10.00. The molecule has 0 aliphatic rings. The molecule has 18 heavy (non-hydrogen) atoms. The molecule has 0 aromatic rings. The van der Waals surface area contributed by atoms with Crippen molar-refractivity contribution in [2.75, 3.05) is 6.61 Å². The van der Waals surface area contributed by atoms with Crippen molar-refractivity contribution in [1.82, 2.24) is 0 Å². The maximum Gasteiger partial charge on any atom is 0.142 e. The van der Waals surface area contributed by atoms with E-state index in [2.05, 4.69) is 13.0 Å². The summed E-state index contributed by atoms with van der Waals surface area (Å²) in [5.74, 6) is 0. The van der Waals surface area contributed by atoms with E-state index in [-0.39, 0.29) is 0 Å². The van der Waals surface area contributed by atoms with E-state index in [4.69, 9.17) is 4.74 Å². The van der Waals surface area contributed by atoms with Crippen molar-refractivity contribution in [1.29, 1.82) is 0 Å². The normalized spacial score (nSPS) is 13.4. The molecule has 0 aromatic heterocycles. The van der Waals surface area contributed by atoms with Crippen molar-refractivity contribution in [2.45, 2.75) is 64.9 Å². The standard InChI is InChI=1S/C16H28O2/c1-3-18-16(2)14-12-10-8-6-4-5-7-9-11-13-15-17/h7,9,11,13,15-16H,3-6,8,10,12,14H2,1-2H3. The second kappa shape index (κ2) is 14.2. The van der Waals surface area contributed by atoms with Crippen LogP contribution in [0.3, 0.4) is 0 Å². The Morgan fingerprint density at radius 1 is 1.00 bits per heavy atom. The van der Waals surface area contributed by atoms with Crippen molar-refractivity contribution in [3.05, 3.63) is 24.3 Å². The zero-order valence-corrected chi connectivity index (χ0v) is 11.9. The number of ether oxygens (including phenoxy) is 1. The van der Waals surface area contributed by atoms with Crippen LogP contribution in [-0.4, -0.2) is 19.0 Å². The first-order valence-electron chi connectivity index (χ1n) is 7.19. The lowest BCUT2D eigenvalue weighted by Gasteiger charge is -2.10. The van der Waals surface area contributed by atoms with Crippen molar-refractivity contribution in [3.63, 3.8) is 0 Å². The van der Waals surface area contributed by atoms with Gasteiger partial charge in [0.1, 0.15) is 6.29 Å². The molecule has 0 aromatic carbocycles. The Bertz CT molecular complexity index is 231. The molecule has 2 heteroatoms. The molecule has 0 rings (SSSR count). The minimum absolute atomic E-state index is 0.419. The third-order valence-corrected chi connectivity index (χ3v) is 2.87. The fourth-order valence-electron chi connectivity index (χ4n) is 1.88. The Kier molecular flexibility index (Phi) is 13.5. The molecule has 0 saturated carbocycles. The van der Waals surface area contributed by atoms with Crippen LogP contribution in [0.4, 0.5) is 0 Å². The lowest BCUT2D eigenvalue weighted by molar-refractivity contribution is -0.104. The molecular formula is C16H28O2. The summed E-state index contributed by atoms with van der Waals surface area (Å²) in [5, 5.41) is 0. The Labute approximate surface area is 112 Å². The number of aldehydes is 1. The summed E-state index contributed by atoms with van der Waals surface area (Å²) in [4.78, 5) is 10.00. The Hall–Kier alpha value is -0.890. The van der Waals surface area contributed by atoms with Gasteiger partial charge in [0.25, 0.3) is 0 Å². The van der Waals surface area contributed by atoms with E-state index in [1.165, 1.54) is 44.6 Å². The molecule has 1 atom stereocenters. The number of unbranched alkanes of at least 4 members (excludes halogenated alkanes) is 5. The molecule has 0 radical (unpaired) electrons. The van der Waals surface area contributed by atoms with Gasteiger partial charge in [-0.05, 0) is 39.2 Å². The second-order valence-corrected chi connectivity index (χ2v) is 4.56. The van der Waals surface area contributed by atoms with Crippen LogP contribution in [0.15, 0.2) is 24.3 Å². The zero-order chi connectivity index (χ0) is 13.5. The largest absolute Gasteiger partial charge is 0.379 e. The molecule has 0 fully saturated rings. The molecule has 0 aliphatic carbocycles. The summed E-state index contributed by atoms with van der Waals surface area (Å²) in [5.41, 5.74) is 0. The molecule has 0 aliphatic heterocycles. The molecule has 0 amide bonds. The van der Waals surface area contributed by atoms with Gasteiger partial charge in [0.15, 0.2) is 0 Å². The van der Waals surface area contributed by atoms with Crippen LogP contribution < -0.4 is 0 Å². The highest BCUT2D eigenvalue weighted by Crippen LogP contribution is 2.10. The third-order valence-electron chi connectivity index (χ3n) is 2.87. The number of rotatable bonds is 12. The first kappa shape index (κ1) is 17.1. The van der Waals surface area contributed by atoms with E-state index < -0.39 is 0 Å². The van der Waals surface area contributed by atoms with Gasteiger partial charge in [-0.2, -0.15) is 0 Å². The van der Waals surface area contributed by atoms with E-state index in [9.17, 15) is 4.79 Å². The Morgan fingerprint density at radius 2 is 1.72 bits per heavy atom. The van der Waals surface area contributed by atoms with Crippen LogP contribution in [0.5, 0.6) is 0 Å². The van der Waals surface area contributed by atoms with Gasteiger partial charge < -0.3 is 4.74 Å². The molecule has 0 N–H and O–H groups in total. The van der Waals surface area contributed by atoms with Gasteiger partial charge >= 0.3 is 0 Å². The lowest BCUT2D eigenvalue weighted by atomic mass is 10.1. The van der Waals surface area contributed by atoms with Crippen LogP contribution >= 0.6 is 0 Å². The molecule has 0 heterocycles. The second-order valence-electron chi connectivity index (χ2n) is 4.56. The van der Waals surface area contributed by atoms with E-state index in [1.807, 2.05) is 13.0 Å². The number of allylic oxidation sites excluding steroid dienone is 4. The minimum Gasteiger partial charge on any atom is -0.379 e. The van der Waals surface area contributed by atoms with E-state index >= 15 is 0 Å². The van der Waals surface area contributed by atoms with Crippen LogP contribution in [-0.2, 0) is 9.53 Å². The number of carbonyl (C=O) groups excluding carboxylic acids is 1. The molecular weight excluding hydrogens is 224 g/mol. The van der Waals surface area contributed by atoms with Gasteiger partial charge in [-0.1, -0.05) is 43.9 Å². The van der Waals surface area contributed by atoms with Crippen LogP contribution in [0.25, 0.3) is 0 Å². The molecule has 104 valence electrons. The Morgan fingerprint density at radius 3 is 2.44 bits per heavy atom. The highest BCUT2D eigenvalue weighted by atomic mass is 16.5. The average Bonchev–Trinajstić information content (AvgIpc) is 2.36. The summed E-state index contributed by atoms with van der Waals surface area (Å²) in [7, 11) is 0. The predicted molar refractivity (Wildman–Crippen MR) is 77.8 cm³/mol. The highest BCUT2D eigenvalue weighted by Gasteiger charge is 1.99. The summed E-state index contributed by atoms with van der Waals surface area (Å²) in [6, 6.07) is 0. The van der Waals surface area contributed by atoms with E-state index in [0.29, 0.717) is 6.10 Å². The zero-order valence-electron chi connectivity index (χ0n) is 11.9. The fraction of sp³-hybridized carbons (Fsp3) is 0.688. The molecule has 2 nitrogen and oxygen atoms in total. The van der Waals surface area contributed by atoms with Crippen LogP contribution in [0.2, 0.25) is 0 Å². The van der Waals surface area contributed by atoms with Crippen molar-refractivity contribution < 1.29 is 9.53 Å². The topological polar surface area (TPSA) is 26.3 Å². The SMILES string of the molecule is CCOC(C)CCCCCCCC=CC=CC=O. The maximum absolute atomic E-state index is 10.00. The third kappa shape index (κ3) is 13.2. The van der Waals surface area contributed by atoms with E-state index in [0.717, 1.165) is 19.3 Å². The molecule has 0 bridgehead atoms. The summed E-state index contributed by atoms with van der Waals surface area (Å²) in [6.07, 6.45) is 17.3. The van der Waals surface area contributed by atoms with Gasteiger partial charge in [-0.3, -0.25) is 4.79 Å². The van der Waals surface area contributed by atoms with Crippen molar-refractivity contribution in [2.24, 2.45) is 0 Å². The molecule has 0 saturated heterocycles. The van der Waals surface area contributed by atoms with E-state index in [1.54, 1.807) is 6.08 Å². The highest BCUT2D eigenvalue weighted by molar-refractivity contribution is 5.65. The molecule has 0 spiro atoms. The summed E-state index contributed by atoms with van der Waals surface area (Å²) in [6.45, 7) is 5.03. The molecule has 1 unspecified atom stereocenters. The number of hydrogen-bond acceptors (Lipinski definition) is 2. The number of hydrogen-bond donors (Lipinski definition) is 0. The lowest BCUT2D eigenvalue weighted by Crippen LogP contribution is -2.07. The van der Waals surface area contributed by atoms with Gasteiger partial charge in [0, 0.05) is 6.61 Å². The first-order valence-corrected chi connectivity index (χ1v) is 7.19. The smallest absolute Gasteiger partial charge is 0.142 e. The quantitative estimate of drug-likeness (QED) is 0.222. The minimum atomic E-state index is 0.419. The van der Waals surface area contributed by atoms with Crippen LogP contribution in [0, 0.1) is 0 Å². The summed E-state index contributed by atoms with van der Waals surface area (Å²) >= 11 is 0. The predicted octanol–water partition coefficient (Wildman–Crippen LogP) is 4.45. The summed E-state index contributed by atoms with van der Waals surface area (Å²) < 4.78 is 5.49. The average molecular weight is 252 g/mol. The van der Waals surface area contributed by atoms with Crippen LogP contribution in [0.1, 0.15) is 58.8 Å².